The van der Waals surface area contributed by atoms with E-state index in [1.165, 1.54) is 6.42 Å². The van der Waals surface area contributed by atoms with Gasteiger partial charge in [-0.15, -0.1) is 0 Å². The molecule has 144 valence electrons. The van der Waals surface area contributed by atoms with Crippen LogP contribution in [0.3, 0.4) is 0 Å². The third-order valence-electron chi connectivity index (χ3n) is 5.80. The molecule has 7 nitrogen and oxygen atoms in total. The van der Waals surface area contributed by atoms with Gasteiger partial charge in [-0.1, -0.05) is 26.2 Å². The third-order valence-corrected chi connectivity index (χ3v) is 5.80. The summed E-state index contributed by atoms with van der Waals surface area (Å²) in [6, 6.07) is 0.0463. The van der Waals surface area contributed by atoms with Crippen LogP contribution in [-0.4, -0.2) is 64.4 Å². The predicted octanol–water partition coefficient (Wildman–Crippen LogP) is 1.55. The molecule has 0 heterocycles. The molecule has 2 fully saturated rings. The lowest BCUT2D eigenvalue weighted by atomic mass is 9.78. The number of nitrogens with zero attached hydrogens (tertiary/aromatic N) is 1. The minimum atomic E-state index is -0.861. The maximum atomic E-state index is 12.1. The number of carboxylic acid groups (broad SMARTS) is 1. The van der Waals surface area contributed by atoms with Gasteiger partial charge in [-0.05, 0) is 45.1 Å². The molecule has 7 heteroatoms. The van der Waals surface area contributed by atoms with E-state index in [1.54, 1.807) is 0 Å². The molecule has 2 aliphatic carbocycles. The van der Waals surface area contributed by atoms with Crippen molar-refractivity contribution >= 4 is 12.0 Å². The number of carbonyl (C=O) groups is 2. The molecule has 0 aliphatic heterocycles. The molecule has 0 aromatic heterocycles. The number of carboxylic acids is 1. The van der Waals surface area contributed by atoms with Crippen molar-refractivity contribution in [2.45, 2.75) is 76.5 Å². The smallest absolute Gasteiger partial charge is 0.317 e. The Morgan fingerprint density at radius 1 is 1.20 bits per heavy atom. The Hall–Kier alpha value is -1.34. The first-order valence-electron chi connectivity index (χ1n) is 9.54. The average molecular weight is 355 g/mol. The Balaban J connectivity index is 1.67. The first-order chi connectivity index (χ1) is 11.8. The SMILES string of the molecule is CCN(CC(=O)O)C1CC(NC(=O)NCC(C)(O)C2CCCCC2)C1. The third kappa shape index (κ3) is 5.85. The second-order valence-electron chi connectivity index (χ2n) is 7.80. The standard InChI is InChI=1S/C18H33N3O4/c1-3-21(11-16(22)23)15-9-14(10-15)20-17(24)19-12-18(2,25)13-7-5-4-6-8-13/h13-15,25H,3-12H2,1-2H3,(H,22,23)(H2,19,20,24). The minimum Gasteiger partial charge on any atom is -0.480 e. The summed E-state index contributed by atoms with van der Waals surface area (Å²) >= 11 is 0. The summed E-state index contributed by atoms with van der Waals surface area (Å²) in [5, 5.41) is 25.2. The number of rotatable bonds is 8. The van der Waals surface area contributed by atoms with Gasteiger partial charge in [-0.2, -0.15) is 0 Å². The molecule has 4 N–H and O–H groups in total. The van der Waals surface area contributed by atoms with Gasteiger partial charge in [-0.25, -0.2) is 4.79 Å². The van der Waals surface area contributed by atoms with Gasteiger partial charge < -0.3 is 20.8 Å². The summed E-state index contributed by atoms with van der Waals surface area (Å²) in [7, 11) is 0. The van der Waals surface area contributed by atoms with Gasteiger partial charge >= 0.3 is 12.0 Å². The van der Waals surface area contributed by atoms with E-state index < -0.39 is 11.6 Å². The summed E-state index contributed by atoms with van der Waals surface area (Å²) in [6.45, 7) is 4.77. The summed E-state index contributed by atoms with van der Waals surface area (Å²) in [6.07, 6.45) is 7.14. The lowest BCUT2D eigenvalue weighted by Gasteiger charge is -2.42. The fourth-order valence-corrected chi connectivity index (χ4v) is 4.04. The van der Waals surface area contributed by atoms with Crippen molar-refractivity contribution in [1.29, 1.82) is 0 Å². The van der Waals surface area contributed by atoms with E-state index in [2.05, 4.69) is 10.6 Å². The average Bonchev–Trinajstić information content (AvgIpc) is 2.55. The Bertz CT molecular complexity index is 457. The molecule has 2 rings (SSSR count). The number of hydrogen-bond donors (Lipinski definition) is 4. The largest absolute Gasteiger partial charge is 0.480 e. The van der Waals surface area contributed by atoms with Crippen molar-refractivity contribution in [2.24, 2.45) is 5.92 Å². The zero-order valence-corrected chi connectivity index (χ0v) is 15.5. The fourth-order valence-electron chi connectivity index (χ4n) is 4.04. The Labute approximate surface area is 150 Å². The van der Waals surface area contributed by atoms with Gasteiger partial charge in [0.1, 0.15) is 0 Å². The van der Waals surface area contributed by atoms with E-state index in [0.717, 1.165) is 38.5 Å². The van der Waals surface area contributed by atoms with Gasteiger partial charge in [0, 0.05) is 18.6 Å². The van der Waals surface area contributed by atoms with Crippen LogP contribution < -0.4 is 10.6 Å². The second-order valence-corrected chi connectivity index (χ2v) is 7.80. The van der Waals surface area contributed by atoms with Crippen LogP contribution in [0.2, 0.25) is 0 Å². The van der Waals surface area contributed by atoms with Crippen molar-refractivity contribution in [2.75, 3.05) is 19.6 Å². The van der Waals surface area contributed by atoms with E-state index in [9.17, 15) is 14.7 Å². The maximum absolute atomic E-state index is 12.1. The molecular weight excluding hydrogens is 322 g/mol. The quantitative estimate of drug-likeness (QED) is 0.529. The second kappa shape index (κ2) is 8.85. The lowest BCUT2D eigenvalue weighted by Crippen LogP contribution is -2.57. The van der Waals surface area contributed by atoms with Crippen LogP contribution in [0.5, 0.6) is 0 Å². The summed E-state index contributed by atoms with van der Waals surface area (Å²) < 4.78 is 0. The number of nitrogens with one attached hydrogen (secondary N) is 2. The molecule has 0 aromatic carbocycles. The van der Waals surface area contributed by atoms with Crippen molar-refractivity contribution in [3.05, 3.63) is 0 Å². The van der Waals surface area contributed by atoms with Crippen LogP contribution in [0.1, 0.15) is 58.8 Å². The first-order valence-corrected chi connectivity index (χ1v) is 9.54. The monoisotopic (exact) mass is 355 g/mol. The Kier molecular flexibility index (Phi) is 7.07. The molecule has 2 aliphatic rings. The van der Waals surface area contributed by atoms with Gasteiger partial charge in [0.05, 0.1) is 12.1 Å². The number of likely N-dealkylation sites (N-methyl/N-ethyl adjacent to an activating group) is 1. The highest BCUT2D eigenvalue weighted by atomic mass is 16.4. The first kappa shape index (κ1) is 20.0. The highest BCUT2D eigenvalue weighted by Gasteiger charge is 2.36. The van der Waals surface area contributed by atoms with Crippen LogP contribution in [0.15, 0.2) is 0 Å². The van der Waals surface area contributed by atoms with E-state index in [1.807, 2.05) is 18.7 Å². The minimum absolute atomic E-state index is 0.0460. The summed E-state index contributed by atoms with van der Waals surface area (Å²) in [5.74, 6) is -0.565. The van der Waals surface area contributed by atoms with Crippen molar-refractivity contribution in [3.63, 3.8) is 0 Å². The van der Waals surface area contributed by atoms with Crippen LogP contribution in [0, 0.1) is 5.92 Å². The fraction of sp³-hybridized carbons (Fsp3) is 0.889. The molecule has 0 bridgehead atoms. The van der Waals surface area contributed by atoms with Gasteiger partial charge in [-0.3, -0.25) is 9.69 Å². The topological polar surface area (TPSA) is 102 Å². The zero-order chi connectivity index (χ0) is 18.4. The molecular formula is C18H33N3O4. The van der Waals surface area contributed by atoms with E-state index in [4.69, 9.17) is 5.11 Å². The lowest BCUT2D eigenvalue weighted by molar-refractivity contribution is -0.139. The highest BCUT2D eigenvalue weighted by Crippen LogP contribution is 2.32. The van der Waals surface area contributed by atoms with E-state index in [0.29, 0.717) is 6.54 Å². The highest BCUT2D eigenvalue weighted by molar-refractivity contribution is 5.74. The maximum Gasteiger partial charge on any atom is 0.317 e. The Morgan fingerprint density at radius 3 is 2.40 bits per heavy atom. The zero-order valence-electron chi connectivity index (χ0n) is 15.5. The molecule has 1 unspecified atom stereocenters. The molecule has 2 amide bonds. The Morgan fingerprint density at radius 2 is 1.84 bits per heavy atom. The van der Waals surface area contributed by atoms with Crippen molar-refractivity contribution < 1.29 is 19.8 Å². The van der Waals surface area contributed by atoms with Gasteiger partial charge in [0.2, 0.25) is 0 Å². The van der Waals surface area contributed by atoms with E-state index in [-0.39, 0.29) is 37.1 Å². The van der Waals surface area contributed by atoms with Crippen LogP contribution in [0.25, 0.3) is 0 Å². The molecule has 0 radical (unpaired) electrons. The number of hydrogen-bond acceptors (Lipinski definition) is 4. The predicted molar refractivity (Wildman–Crippen MR) is 95.4 cm³/mol. The van der Waals surface area contributed by atoms with Gasteiger partial charge in [0.25, 0.3) is 0 Å². The normalized spacial score (nSPS) is 26.6. The number of urea groups is 1. The number of aliphatic hydroxyl groups is 1. The van der Waals surface area contributed by atoms with Crippen LogP contribution in [0.4, 0.5) is 4.79 Å². The van der Waals surface area contributed by atoms with Crippen LogP contribution >= 0.6 is 0 Å². The number of amides is 2. The molecule has 2 saturated carbocycles. The molecule has 25 heavy (non-hydrogen) atoms. The molecule has 0 saturated heterocycles. The molecule has 0 spiro atoms. The summed E-state index contributed by atoms with van der Waals surface area (Å²) in [4.78, 5) is 24.8. The molecule has 1 atom stereocenters. The van der Waals surface area contributed by atoms with Crippen molar-refractivity contribution in [1.82, 2.24) is 15.5 Å². The summed E-state index contributed by atoms with van der Waals surface area (Å²) in [5.41, 5.74) is -0.861. The van der Waals surface area contributed by atoms with Crippen LogP contribution in [-0.2, 0) is 4.79 Å². The van der Waals surface area contributed by atoms with E-state index >= 15 is 0 Å². The molecule has 0 aromatic rings. The van der Waals surface area contributed by atoms with Crippen molar-refractivity contribution in [3.8, 4) is 0 Å². The number of aliphatic carboxylic acids is 1. The number of carbonyl (C=O) groups excluding carboxylic acids is 1. The van der Waals surface area contributed by atoms with Gasteiger partial charge in [0.15, 0.2) is 0 Å².